The van der Waals surface area contributed by atoms with Gasteiger partial charge in [-0.2, -0.15) is 0 Å². The first-order chi connectivity index (χ1) is 8.62. The Morgan fingerprint density at radius 2 is 2.06 bits per heavy atom. The summed E-state index contributed by atoms with van der Waals surface area (Å²) in [5.74, 6) is 0.897. The third kappa shape index (κ3) is 2.99. The summed E-state index contributed by atoms with van der Waals surface area (Å²) in [7, 11) is 0. The maximum absolute atomic E-state index is 5.86. The Kier molecular flexibility index (Phi) is 3.82. The smallest absolute Gasteiger partial charge is 0.128 e. The molecule has 0 aliphatic rings. The van der Waals surface area contributed by atoms with Crippen molar-refractivity contribution in [3.8, 4) is 5.75 Å². The third-order valence-corrected chi connectivity index (χ3v) is 3.19. The zero-order chi connectivity index (χ0) is 13.0. The van der Waals surface area contributed by atoms with Gasteiger partial charge in [-0.3, -0.25) is 4.98 Å². The van der Waals surface area contributed by atoms with Crippen molar-refractivity contribution in [1.82, 2.24) is 4.98 Å². The van der Waals surface area contributed by atoms with Crippen molar-refractivity contribution in [2.45, 2.75) is 20.3 Å². The third-order valence-electron chi connectivity index (χ3n) is 3.19. The first kappa shape index (κ1) is 12.8. The molecular weight excluding hydrogens is 224 g/mol. The number of hydrogen-bond acceptors (Lipinski definition) is 3. The molecule has 0 spiro atoms. The van der Waals surface area contributed by atoms with Crippen LogP contribution < -0.4 is 10.5 Å². The SMILES string of the molecule is CC(C)(CN)CCOc1cccc2ncccc12. The van der Waals surface area contributed by atoms with E-state index in [0.29, 0.717) is 13.2 Å². The second-order valence-electron chi connectivity index (χ2n) is 5.29. The van der Waals surface area contributed by atoms with Gasteiger partial charge in [0, 0.05) is 11.6 Å². The van der Waals surface area contributed by atoms with Gasteiger partial charge in [0.1, 0.15) is 5.75 Å². The predicted octanol–water partition coefficient (Wildman–Crippen LogP) is 2.99. The highest BCUT2D eigenvalue weighted by atomic mass is 16.5. The van der Waals surface area contributed by atoms with Crippen LogP contribution in [0.5, 0.6) is 5.75 Å². The van der Waals surface area contributed by atoms with Gasteiger partial charge in [-0.1, -0.05) is 19.9 Å². The number of ether oxygens (including phenoxy) is 1. The lowest BCUT2D eigenvalue weighted by Gasteiger charge is -2.22. The first-order valence-corrected chi connectivity index (χ1v) is 6.29. The first-order valence-electron chi connectivity index (χ1n) is 6.29. The van der Waals surface area contributed by atoms with Crippen molar-refractivity contribution in [3.05, 3.63) is 36.5 Å². The van der Waals surface area contributed by atoms with Crippen LogP contribution >= 0.6 is 0 Å². The summed E-state index contributed by atoms with van der Waals surface area (Å²) in [6.45, 7) is 5.66. The molecule has 1 aromatic heterocycles. The number of rotatable bonds is 5. The molecule has 18 heavy (non-hydrogen) atoms. The largest absolute Gasteiger partial charge is 0.493 e. The number of nitrogens with zero attached hydrogens (tertiary/aromatic N) is 1. The molecular formula is C15H20N2O. The Balaban J connectivity index is 2.08. The topological polar surface area (TPSA) is 48.1 Å². The predicted molar refractivity (Wildman–Crippen MR) is 74.7 cm³/mol. The molecule has 96 valence electrons. The number of nitrogens with two attached hydrogens (primary N) is 1. The fourth-order valence-electron chi connectivity index (χ4n) is 1.74. The molecule has 0 saturated heterocycles. The van der Waals surface area contributed by atoms with E-state index >= 15 is 0 Å². The summed E-state index contributed by atoms with van der Waals surface area (Å²) in [6, 6.07) is 9.91. The minimum atomic E-state index is 0.128. The number of hydrogen-bond donors (Lipinski definition) is 1. The van der Waals surface area contributed by atoms with E-state index in [1.165, 1.54) is 0 Å². The van der Waals surface area contributed by atoms with Crippen molar-refractivity contribution in [2.75, 3.05) is 13.2 Å². The minimum Gasteiger partial charge on any atom is -0.493 e. The quantitative estimate of drug-likeness (QED) is 0.879. The van der Waals surface area contributed by atoms with Crippen LogP contribution in [0.2, 0.25) is 0 Å². The molecule has 0 aliphatic heterocycles. The van der Waals surface area contributed by atoms with E-state index in [-0.39, 0.29) is 5.41 Å². The standard InChI is InChI=1S/C15H20N2O/c1-15(2,11-16)8-10-18-14-7-3-6-13-12(14)5-4-9-17-13/h3-7,9H,8,10-11,16H2,1-2H3. The van der Waals surface area contributed by atoms with Crippen molar-refractivity contribution in [1.29, 1.82) is 0 Å². The van der Waals surface area contributed by atoms with Crippen LogP contribution in [0.3, 0.4) is 0 Å². The average molecular weight is 244 g/mol. The van der Waals surface area contributed by atoms with Crippen LogP contribution in [-0.2, 0) is 0 Å². The Hall–Kier alpha value is -1.61. The van der Waals surface area contributed by atoms with Crippen LogP contribution in [-0.4, -0.2) is 18.1 Å². The molecule has 0 fully saturated rings. The van der Waals surface area contributed by atoms with Crippen molar-refractivity contribution >= 4 is 10.9 Å². The van der Waals surface area contributed by atoms with E-state index < -0.39 is 0 Å². The molecule has 2 rings (SSSR count). The molecule has 0 atom stereocenters. The zero-order valence-electron chi connectivity index (χ0n) is 11.0. The second-order valence-corrected chi connectivity index (χ2v) is 5.29. The Morgan fingerprint density at radius 3 is 2.83 bits per heavy atom. The van der Waals surface area contributed by atoms with Crippen LogP contribution in [0.4, 0.5) is 0 Å². The fourth-order valence-corrected chi connectivity index (χ4v) is 1.74. The summed E-state index contributed by atoms with van der Waals surface area (Å²) in [5, 5.41) is 1.06. The summed E-state index contributed by atoms with van der Waals surface area (Å²) in [4.78, 5) is 4.31. The van der Waals surface area contributed by atoms with Gasteiger partial charge in [-0.15, -0.1) is 0 Å². The van der Waals surface area contributed by atoms with E-state index in [1.54, 1.807) is 6.20 Å². The van der Waals surface area contributed by atoms with Gasteiger partial charge in [0.25, 0.3) is 0 Å². The average Bonchev–Trinajstić information content (AvgIpc) is 2.39. The lowest BCUT2D eigenvalue weighted by molar-refractivity contribution is 0.235. The molecule has 3 nitrogen and oxygen atoms in total. The Bertz CT molecular complexity index is 517. The molecule has 0 radical (unpaired) electrons. The van der Waals surface area contributed by atoms with Gasteiger partial charge < -0.3 is 10.5 Å². The van der Waals surface area contributed by atoms with Gasteiger partial charge in [-0.05, 0) is 42.6 Å². The molecule has 0 aliphatic carbocycles. The van der Waals surface area contributed by atoms with Gasteiger partial charge >= 0.3 is 0 Å². The lowest BCUT2D eigenvalue weighted by Crippen LogP contribution is -2.25. The van der Waals surface area contributed by atoms with Crippen LogP contribution in [0, 0.1) is 5.41 Å². The monoisotopic (exact) mass is 244 g/mol. The number of pyridine rings is 1. The van der Waals surface area contributed by atoms with Gasteiger partial charge in [0.05, 0.1) is 12.1 Å². The molecule has 0 amide bonds. The lowest BCUT2D eigenvalue weighted by atomic mass is 9.90. The van der Waals surface area contributed by atoms with Crippen molar-refractivity contribution in [3.63, 3.8) is 0 Å². The van der Waals surface area contributed by atoms with Crippen molar-refractivity contribution < 1.29 is 4.74 Å². The number of aromatic nitrogens is 1. The summed E-state index contributed by atoms with van der Waals surface area (Å²) < 4.78 is 5.86. The van der Waals surface area contributed by atoms with Gasteiger partial charge in [-0.25, -0.2) is 0 Å². The molecule has 1 heterocycles. The minimum absolute atomic E-state index is 0.128. The molecule has 2 N–H and O–H groups in total. The molecule has 2 aromatic rings. The Morgan fingerprint density at radius 1 is 1.22 bits per heavy atom. The highest BCUT2D eigenvalue weighted by Gasteiger charge is 2.15. The summed E-state index contributed by atoms with van der Waals surface area (Å²) in [6.07, 6.45) is 2.74. The molecule has 0 bridgehead atoms. The van der Waals surface area contributed by atoms with E-state index in [4.69, 9.17) is 10.5 Å². The van der Waals surface area contributed by atoms with E-state index in [1.807, 2.05) is 30.3 Å². The summed E-state index contributed by atoms with van der Waals surface area (Å²) >= 11 is 0. The second kappa shape index (κ2) is 5.36. The fraction of sp³-hybridized carbons (Fsp3) is 0.400. The molecule has 0 unspecified atom stereocenters. The van der Waals surface area contributed by atoms with Gasteiger partial charge in [0.15, 0.2) is 0 Å². The van der Waals surface area contributed by atoms with E-state index in [9.17, 15) is 0 Å². The highest BCUT2D eigenvalue weighted by Crippen LogP contribution is 2.25. The molecule has 0 saturated carbocycles. The van der Waals surface area contributed by atoms with Crippen LogP contribution in [0.15, 0.2) is 36.5 Å². The maximum Gasteiger partial charge on any atom is 0.128 e. The Labute approximate surface area is 108 Å². The van der Waals surface area contributed by atoms with Crippen LogP contribution in [0.1, 0.15) is 20.3 Å². The van der Waals surface area contributed by atoms with Crippen LogP contribution in [0.25, 0.3) is 10.9 Å². The zero-order valence-corrected chi connectivity index (χ0v) is 11.0. The van der Waals surface area contributed by atoms with E-state index in [2.05, 4.69) is 18.8 Å². The van der Waals surface area contributed by atoms with Crippen molar-refractivity contribution in [2.24, 2.45) is 11.1 Å². The molecule has 3 heteroatoms. The highest BCUT2D eigenvalue weighted by molar-refractivity contribution is 5.84. The number of benzene rings is 1. The molecule has 1 aromatic carbocycles. The number of fused-ring (bicyclic) bond motifs is 1. The normalized spacial score (nSPS) is 11.7. The summed E-state index contributed by atoms with van der Waals surface area (Å²) in [5.41, 5.74) is 6.80. The van der Waals surface area contributed by atoms with Gasteiger partial charge in [0.2, 0.25) is 0 Å². The maximum atomic E-state index is 5.86. The van der Waals surface area contributed by atoms with E-state index in [0.717, 1.165) is 23.1 Å².